The van der Waals surface area contributed by atoms with E-state index in [-0.39, 0.29) is 17.9 Å². The maximum absolute atomic E-state index is 12.1. The lowest BCUT2D eigenvalue weighted by Gasteiger charge is -2.10. The molecular weight excluding hydrogens is 296 g/mol. The zero-order valence-electron chi connectivity index (χ0n) is 11.1. The molecule has 0 fully saturated rings. The van der Waals surface area contributed by atoms with Crippen LogP contribution in [-0.2, 0) is 11.3 Å². The number of ketones is 1. The lowest BCUT2D eigenvalue weighted by atomic mass is 10.1. The first kappa shape index (κ1) is 14.8. The maximum Gasteiger partial charge on any atom is 0.255 e. The van der Waals surface area contributed by atoms with Crippen LogP contribution < -0.4 is 5.56 Å². The van der Waals surface area contributed by atoms with E-state index < -0.39 is 0 Å². The van der Waals surface area contributed by atoms with Gasteiger partial charge >= 0.3 is 0 Å². The van der Waals surface area contributed by atoms with E-state index >= 15 is 0 Å². The van der Waals surface area contributed by atoms with Crippen molar-refractivity contribution in [1.82, 2.24) is 9.55 Å². The fraction of sp³-hybridized carbons (Fsp3) is 0.214. The highest BCUT2D eigenvalue weighted by Crippen LogP contribution is 2.21. The van der Waals surface area contributed by atoms with Crippen LogP contribution in [-0.4, -0.2) is 21.6 Å². The molecule has 0 unspecified atom stereocenters. The summed E-state index contributed by atoms with van der Waals surface area (Å²) in [5.74, 6) is -0.0801. The van der Waals surface area contributed by atoms with Gasteiger partial charge in [0.2, 0.25) is 0 Å². The number of nitrogens with zero attached hydrogens (tertiary/aromatic N) is 2. The Kier molecular flexibility index (Phi) is 4.62. The molecule has 4 nitrogen and oxygen atoms in total. The molecular formula is C14H13ClN2O2S. The Morgan fingerprint density at radius 3 is 2.55 bits per heavy atom. The molecule has 1 aromatic carbocycles. The van der Waals surface area contributed by atoms with Crippen molar-refractivity contribution in [2.45, 2.75) is 18.6 Å². The topological polar surface area (TPSA) is 52.0 Å². The van der Waals surface area contributed by atoms with E-state index in [1.807, 2.05) is 18.4 Å². The number of hydrogen-bond donors (Lipinski definition) is 0. The molecule has 0 atom stereocenters. The average molecular weight is 309 g/mol. The first-order valence-corrected chi connectivity index (χ1v) is 7.53. The lowest BCUT2D eigenvalue weighted by Crippen LogP contribution is -2.25. The molecule has 0 aliphatic carbocycles. The third-order valence-corrected chi connectivity index (χ3v) is 3.61. The smallest absolute Gasteiger partial charge is 0.255 e. The molecule has 2 rings (SSSR count). The first-order chi connectivity index (χ1) is 9.51. The van der Waals surface area contributed by atoms with Gasteiger partial charge in [-0.2, -0.15) is 0 Å². The Hall–Kier alpha value is -1.59. The van der Waals surface area contributed by atoms with E-state index in [0.717, 1.165) is 5.56 Å². The molecule has 0 aliphatic rings. The van der Waals surface area contributed by atoms with Crippen molar-refractivity contribution in [3.63, 3.8) is 0 Å². The largest absolute Gasteiger partial charge is 0.298 e. The van der Waals surface area contributed by atoms with E-state index in [0.29, 0.717) is 15.9 Å². The highest BCUT2D eigenvalue weighted by molar-refractivity contribution is 7.98. The van der Waals surface area contributed by atoms with Crippen LogP contribution in [0, 0.1) is 0 Å². The molecule has 104 valence electrons. The monoisotopic (exact) mass is 308 g/mol. The average Bonchev–Trinajstić information content (AvgIpc) is 2.41. The Labute approximate surface area is 125 Å². The third kappa shape index (κ3) is 3.29. The van der Waals surface area contributed by atoms with Gasteiger partial charge in [0.15, 0.2) is 5.16 Å². The third-order valence-electron chi connectivity index (χ3n) is 2.68. The van der Waals surface area contributed by atoms with Gasteiger partial charge in [-0.05, 0) is 25.3 Å². The number of Topliss-reactive ketones (excluding diaryl/α,β-unsaturated/α-hetero) is 1. The summed E-state index contributed by atoms with van der Waals surface area (Å²) in [6, 6.07) is 8.55. The highest BCUT2D eigenvalue weighted by Gasteiger charge is 2.10. The summed E-state index contributed by atoms with van der Waals surface area (Å²) in [5.41, 5.74) is 1.16. The molecule has 0 bridgehead atoms. The molecule has 0 aliphatic heterocycles. The Morgan fingerprint density at radius 2 is 2.00 bits per heavy atom. The van der Waals surface area contributed by atoms with Crippen molar-refractivity contribution in [1.29, 1.82) is 0 Å². The molecule has 0 N–H and O–H groups in total. The minimum Gasteiger partial charge on any atom is -0.298 e. The number of thioether (sulfide) groups is 1. The van der Waals surface area contributed by atoms with Crippen LogP contribution >= 0.6 is 23.4 Å². The summed E-state index contributed by atoms with van der Waals surface area (Å²) in [4.78, 5) is 27.8. The standard InChI is InChI=1S/C14H13ClN2O2S/c1-9(18)8-17-13(19)7-12(16-14(17)20-2)10-3-5-11(15)6-4-10/h3-7H,8H2,1-2H3. The molecule has 0 amide bonds. The molecule has 0 radical (unpaired) electrons. The van der Waals surface area contributed by atoms with Crippen LogP contribution in [0.15, 0.2) is 40.3 Å². The van der Waals surface area contributed by atoms with E-state index in [1.165, 1.54) is 29.3 Å². The van der Waals surface area contributed by atoms with Crippen molar-refractivity contribution in [3.8, 4) is 11.3 Å². The second kappa shape index (κ2) is 6.24. The Balaban J connectivity index is 2.52. The van der Waals surface area contributed by atoms with E-state index in [4.69, 9.17) is 11.6 Å². The normalized spacial score (nSPS) is 10.6. The van der Waals surface area contributed by atoms with Gasteiger partial charge < -0.3 is 0 Å². The van der Waals surface area contributed by atoms with Crippen molar-refractivity contribution in [2.75, 3.05) is 6.26 Å². The molecule has 20 heavy (non-hydrogen) atoms. The molecule has 6 heteroatoms. The van der Waals surface area contributed by atoms with Crippen molar-refractivity contribution in [2.24, 2.45) is 0 Å². The van der Waals surface area contributed by atoms with Crippen molar-refractivity contribution < 1.29 is 4.79 Å². The molecule has 0 saturated heterocycles. The number of benzene rings is 1. The van der Waals surface area contributed by atoms with Crippen LogP contribution in [0.1, 0.15) is 6.92 Å². The zero-order valence-corrected chi connectivity index (χ0v) is 12.7. The van der Waals surface area contributed by atoms with E-state index in [9.17, 15) is 9.59 Å². The van der Waals surface area contributed by atoms with Gasteiger partial charge in [0.1, 0.15) is 5.78 Å². The number of rotatable bonds is 4. The van der Waals surface area contributed by atoms with Gasteiger partial charge in [0, 0.05) is 16.7 Å². The second-order valence-electron chi connectivity index (χ2n) is 4.26. The number of carbonyl (C=O) groups excluding carboxylic acids is 1. The summed E-state index contributed by atoms with van der Waals surface area (Å²) in [5, 5.41) is 1.15. The SMILES string of the molecule is CSc1nc(-c2ccc(Cl)cc2)cc(=O)n1CC(C)=O. The minimum atomic E-state index is -0.232. The van der Waals surface area contributed by atoms with Gasteiger partial charge in [-0.25, -0.2) is 4.98 Å². The number of halogens is 1. The molecule has 0 saturated carbocycles. The highest BCUT2D eigenvalue weighted by atomic mass is 35.5. The first-order valence-electron chi connectivity index (χ1n) is 5.92. The predicted octanol–water partition coefficient (Wildman–Crippen LogP) is 2.87. The predicted molar refractivity (Wildman–Crippen MR) is 81.4 cm³/mol. The molecule has 0 spiro atoms. The Morgan fingerprint density at radius 1 is 1.35 bits per heavy atom. The van der Waals surface area contributed by atoms with Crippen LogP contribution in [0.5, 0.6) is 0 Å². The van der Waals surface area contributed by atoms with Crippen LogP contribution in [0.25, 0.3) is 11.3 Å². The van der Waals surface area contributed by atoms with Gasteiger partial charge in [0.25, 0.3) is 5.56 Å². The second-order valence-corrected chi connectivity index (χ2v) is 5.47. The van der Waals surface area contributed by atoms with E-state index in [1.54, 1.807) is 12.1 Å². The van der Waals surface area contributed by atoms with Crippen molar-refractivity contribution in [3.05, 3.63) is 45.7 Å². The van der Waals surface area contributed by atoms with Gasteiger partial charge in [-0.15, -0.1) is 0 Å². The molecule has 2 aromatic rings. The van der Waals surface area contributed by atoms with Crippen LogP contribution in [0.4, 0.5) is 0 Å². The fourth-order valence-electron chi connectivity index (χ4n) is 1.78. The summed E-state index contributed by atoms with van der Waals surface area (Å²) in [6.45, 7) is 1.49. The number of hydrogen-bond acceptors (Lipinski definition) is 4. The number of aromatic nitrogens is 2. The minimum absolute atomic E-state index is 0.0445. The fourth-order valence-corrected chi connectivity index (χ4v) is 2.47. The lowest BCUT2D eigenvalue weighted by molar-refractivity contribution is -0.117. The van der Waals surface area contributed by atoms with Gasteiger partial charge in [0.05, 0.1) is 12.2 Å². The number of carbonyl (C=O) groups is 1. The van der Waals surface area contributed by atoms with Crippen LogP contribution in [0.3, 0.4) is 0 Å². The summed E-state index contributed by atoms with van der Waals surface area (Å²) < 4.78 is 1.38. The van der Waals surface area contributed by atoms with Crippen molar-refractivity contribution >= 4 is 29.1 Å². The van der Waals surface area contributed by atoms with E-state index in [2.05, 4.69) is 4.98 Å². The van der Waals surface area contributed by atoms with Gasteiger partial charge in [-0.3, -0.25) is 14.2 Å². The Bertz CT molecular complexity index is 695. The zero-order chi connectivity index (χ0) is 14.7. The molecule has 1 heterocycles. The maximum atomic E-state index is 12.1. The van der Waals surface area contributed by atoms with Crippen LogP contribution in [0.2, 0.25) is 5.02 Å². The molecule has 1 aromatic heterocycles. The summed E-state index contributed by atoms with van der Waals surface area (Å²) >= 11 is 7.18. The quantitative estimate of drug-likeness (QED) is 0.644. The van der Waals surface area contributed by atoms with Gasteiger partial charge in [-0.1, -0.05) is 35.5 Å². The summed E-state index contributed by atoms with van der Waals surface area (Å²) in [6.07, 6.45) is 1.82. The summed E-state index contributed by atoms with van der Waals surface area (Å²) in [7, 11) is 0.